The van der Waals surface area contributed by atoms with Crippen LogP contribution in [0.4, 0.5) is 0 Å². The van der Waals surface area contributed by atoms with Crippen molar-refractivity contribution in [2.24, 2.45) is 0 Å². The van der Waals surface area contributed by atoms with Gasteiger partial charge in [-0.1, -0.05) is 300 Å². The Labute approximate surface area is 491 Å². The fourth-order valence-corrected chi connectivity index (χ4v) is 10.2. The van der Waals surface area contributed by atoms with Crippen LogP contribution in [0.25, 0.3) is 0 Å². The Bertz CT molecular complexity index is 1410. The number of hydrogen-bond donors (Lipinski definition) is 0. The molecule has 0 aromatic heterocycles. The zero-order valence-corrected chi connectivity index (χ0v) is 52.9. The second kappa shape index (κ2) is 67.6. The summed E-state index contributed by atoms with van der Waals surface area (Å²) in [7, 11) is 0. The predicted octanol–water partition coefficient (Wildman–Crippen LogP) is 23.9. The van der Waals surface area contributed by atoms with E-state index >= 15 is 0 Å². The molecule has 0 rings (SSSR count). The molecule has 0 radical (unpaired) electrons. The van der Waals surface area contributed by atoms with Crippen molar-refractivity contribution in [3.05, 3.63) is 60.8 Å². The minimum absolute atomic E-state index is 0.0760. The van der Waals surface area contributed by atoms with Gasteiger partial charge in [0, 0.05) is 19.3 Å². The number of ether oxygens (including phenoxy) is 3. The van der Waals surface area contributed by atoms with Crippen LogP contribution in [0.15, 0.2) is 60.8 Å². The SMILES string of the molecule is CCCCCCC/C=C\C/C=C\C/C=C\CCCCCCCCCCCCCCC(=O)OCC(COC(=O)CCCCCCC/C=C\CCCCCCCC)OC(=O)CCCCCCCCCCC/C=C\CCCCCCCC. The normalized spacial score (nSPS) is 12.4. The number of hydrogen-bond acceptors (Lipinski definition) is 6. The van der Waals surface area contributed by atoms with E-state index in [1.165, 1.54) is 250 Å². The molecule has 79 heavy (non-hydrogen) atoms. The van der Waals surface area contributed by atoms with Crippen molar-refractivity contribution in [3.8, 4) is 0 Å². The van der Waals surface area contributed by atoms with Gasteiger partial charge < -0.3 is 14.2 Å². The maximum absolute atomic E-state index is 12.9. The van der Waals surface area contributed by atoms with Crippen molar-refractivity contribution in [1.82, 2.24) is 0 Å². The van der Waals surface area contributed by atoms with Crippen molar-refractivity contribution in [2.75, 3.05) is 13.2 Å². The number of esters is 3. The predicted molar refractivity (Wildman–Crippen MR) is 344 cm³/mol. The van der Waals surface area contributed by atoms with E-state index in [0.717, 1.165) is 77.0 Å². The summed E-state index contributed by atoms with van der Waals surface area (Å²) < 4.78 is 17.0. The van der Waals surface area contributed by atoms with Gasteiger partial charge in [-0.2, -0.15) is 0 Å². The molecule has 0 aromatic rings. The van der Waals surface area contributed by atoms with E-state index in [0.29, 0.717) is 19.3 Å². The van der Waals surface area contributed by atoms with Crippen LogP contribution in [-0.2, 0) is 28.6 Å². The number of rotatable bonds is 64. The molecule has 0 saturated heterocycles. The minimum Gasteiger partial charge on any atom is -0.462 e. The standard InChI is InChI=1S/C73H132O6/c1-4-7-10-13-16-19-22-25-28-30-32-33-34-35-36-37-38-39-41-42-45-48-51-54-57-60-63-66-72(75)78-69-70(68-77-71(74)65-62-59-56-53-50-47-44-27-24-21-18-15-12-9-6-3)79-73(76)67-64-61-58-55-52-49-46-43-40-31-29-26-23-20-17-14-11-8-5-2/h22,25-27,29-30,32,34-35,44,70H,4-21,23-24,28,31,33,36-43,45-69H2,1-3H3/b25-22-,29-26-,32-30-,35-34-,44-27-. The zero-order chi connectivity index (χ0) is 57.1. The molecule has 0 fully saturated rings. The molecule has 460 valence electrons. The van der Waals surface area contributed by atoms with Gasteiger partial charge in [-0.3, -0.25) is 14.4 Å². The van der Waals surface area contributed by atoms with Crippen LogP contribution in [0, 0.1) is 0 Å². The summed E-state index contributed by atoms with van der Waals surface area (Å²) in [6, 6.07) is 0. The molecule has 0 aliphatic heterocycles. The third kappa shape index (κ3) is 65.8. The molecule has 0 aromatic carbocycles. The summed E-state index contributed by atoms with van der Waals surface area (Å²) in [5, 5.41) is 0. The number of carbonyl (C=O) groups is 3. The molecule has 0 heterocycles. The monoisotopic (exact) mass is 1110 g/mol. The van der Waals surface area contributed by atoms with Gasteiger partial charge in [-0.15, -0.1) is 0 Å². The Morgan fingerprint density at radius 2 is 0.456 bits per heavy atom. The van der Waals surface area contributed by atoms with Gasteiger partial charge >= 0.3 is 17.9 Å². The Morgan fingerprint density at radius 1 is 0.253 bits per heavy atom. The Hall–Kier alpha value is -2.89. The highest BCUT2D eigenvalue weighted by molar-refractivity contribution is 5.71. The smallest absolute Gasteiger partial charge is 0.306 e. The van der Waals surface area contributed by atoms with Crippen LogP contribution in [-0.4, -0.2) is 37.2 Å². The van der Waals surface area contributed by atoms with E-state index in [4.69, 9.17) is 14.2 Å². The molecular formula is C73H132O6. The minimum atomic E-state index is -0.780. The molecular weight excluding hydrogens is 973 g/mol. The molecule has 6 heteroatoms. The number of unbranched alkanes of at least 4 members (excludes halogenated alkanes) is 43. The highest BCUT2D eigenvalue weighted by atomic mass is 16.6. The molecule has 0 aliphatic carbocycles. The first-order valence-corrected chi connectivity index (χ1v) is 34.8. The second-order valence-electron chi connectivity index (χ2n) is 23.4. The lowest BCUT2D eigenvalue weighted by atomic mass is 10.0. The number of allylic oxidation sites excluding steroid dienone is 10. The van der Waals surface area contributed by atoms with Gasteiger partial charge in [0.05, 0.1) is 0 Å². The largest absolute Gasteiger partial charge is 0.462 e. The Morgan fingerprint density at radius 3 is 0.722 bits per heavy atom. The molecule has 0 saturated carbocycles. The molecule has 0 bridgehead atoms. The van der Waals surface area contributed by atoms with E-state index in [1.54, 1.807) is 0 Å². The highest BCUT2D eigenvalue weighted by Crippen LogP contribution is 2.17. The average molecular weight is 1110 g/mol. The Balaban J connectivity index is 4.29. The van der Waals surface area contributed by atoms with Crippen molar-refractivity contribution >= 4 is 17.9 Å². The summed E-state index contributed by atoms with van der Waals surface area (Å²) in [4.78, 5) is 38.4. The van der Waals surface area contributed by atoms with Gasteiger partial charge in [-0.25, -0.2) is 0 Å². The summed E-state index contributed by atoms with van der Waals surface area (Å²) in [6.45, 7) is 6.66. The molecule has 0 N–H and O–H groups in total. The van der Waals surface area contributed by atoms with Crippen molar-refractivity contribution in [2.45, 2.75) is 374 Å². The van der Waals surface area contributed by atoms with Crippen molar-refractivity contribution < 1.29 is 28.6 Å². The molecule has 1 atom stereocenters. The second-order valence-corrected chi connectivity index (χ2v) is 23.4. The average Bonchev–Trinajstić information content (AvgIpc) is 3.45. The van der Waals surface area contributed by atoms with E-state index in [2.05, 4.69) is 81.5 Å². The fraction of sp³-hybridized carbons (Fsp3) is 0.822. The molecule has 1 unspecified atom stereocenters. The van der Waals surface area contributed by atoms with Gasteiger partial charge in [0.2, 0.25) is 0 Å². The lowest BCUT2D eigenvalue weighted by molar-refractivity contribution is -0.167. The van der Waals surface area contributed by atoms with Crippen LogP contribution in [0.3, 0.4) is 0 Å². The van der Waals surface area contributed by atoms with Gasteiger partial charge in [-0.05, 0) is 109 Å². The van der Waals surface area contributed by atoms with Gasteiger partial charge in [0.15, 0.2) is 6.10 Å². The van der Waals surface area contributed by atoms with Crippen LogP contribution in [0.5, 0.6) is 0 Å². The first-order valence-electron chi connectivity index (χ1n) is 34.8. The maximum atomic E-state index is 12.9. The van der Waals surface area contributed by atoms with E-state index in [1.807, 2.05) is 0 Å². The van der Waals surface area contributed by atoms with Gasteiger partial charge in [0.25, 0.3) is 0 Å². The number of carbonyl (C=O) groups excluding carboxylic acids is 3. The quantitative estimate of drug-likeness (QED) is 0.0261. The first-order chi connectivity index (χ1) is 39.0. The molecule has 0 aliphatic rings. The molecule has 0 amide bonds. The summed E-state index contributed by atoms with van der Waals surface area (Å²) in [5.41, 5.74) is 0. The first kappa shape index (κ1) is 76.1. The Kier molecular flexibility index (Phi) is 65.1. The third-order valence-electron chi connectivity index (χ3n) is 15.5. The molecule has 0 spiro atoms. The molecule has 6 nitrogen and oxygen atoms in total. The summed E-state index contributed by atoms with van der Waals surface area (Å²) >= 11 is 0. The zero-order valence-electron chi connectivity index (χ0n) is 52.9. The lowest BCUT2D eigenvalue weighted by Gasteiger charge is -2.18. The van der Waals surface area contributed by atoms with E-state index < -0.39 is 6.10 Å². The highest BCUT2D eigenvalue weighted by Gasteiger charge is 2.19. The van der Waals surface area contributed by atoms with E-state index in [-0.39, 0.29) is 31.1 Å². The van der Waals surface area contributed by atoms with Crippen LogP contribution < -0.4 is 0 Å². The fourth-order valence-electron chi connectivity index (χ4n) is 10.2. The lowest BCUT2D eigenvalue weighted by Crippen LogP contribution is -2.30. The van der Waals surface area contributed by atoms with Crippen LogP contribution in [0.1, 0.15) is 367 Å². The third-order valence-corrected chi connectivity index (χ3v) is 15.5. The summed E-state index contributed by atoms with van der Waals surface area (Å²) in [6.07, 6.45) is 86.6. The van der Waals surface area contributed by atoms with Gasteiger partial charge in [0.1, 0.15) is 13.2 Å². The maximum Gasteiger partial charge on any atom is 0.306 e. The van der Waals surface area contributed by atoms with Crippen LogP contribution in [0.2, 0.25) is 0 Å². The summed E-state index contributed by atoms with van der Waals surface area (Å²) in [5.74, 6) is -0.867. The van der Waals surface area contributed by atoms with Crippen LogP contribution >= 0.6 is 0 Å². The van der Waals surface area contributed by atoms with Crippen molar-refractivity contribution in [1.29, 1.82) is 0 Å². The topological polar surface area (TPSA) is 78.9 Å². The van der Waals surface area contributed by atoms with Crippen molar-refractivity contribution in [3.63, 3.8) is 0 Å². The van der Waals surface area contributed by atoms with E-state index in [9.17, 15) is 14.4 Å².